The van der Waals surface area contributed by atoms with Crippen LogP contribution in [0.4, 0.5) is 5.69 Å². The maximum Gasteiger partial charge on any atom is 0.278 e. The van der Waals surface area contributed by atoms with Crippen LogP contribution in [0.5, 0.6) is 0 Å². The second-order valence-electron chi connectivity index (χ2n) is 7.94. The molecule has 2 aromatic carbocycles. The van der Waals surface area contributed by atoms with Gasteiger partial charge in [-0.15, -0.1) is 0 Å². The van der Waals surface area contributed by atoms with Gasteiger partial charge in [-0.3, -0.25) is 4.79 Å². The van der Waals surface area contributed by atoms with Gasteiger partial charge in [-0.2, -0.15) is 9.40 Å². The maximum atomic E-state index is 13.2. The number of para-hydroxylation sites is 1. The van der Waals surface area contributed by atoms with Gasteiger partial charge in [-0.05, 0) is 67.6 Å². The summed E-state index contributed by atoms with van der Waals surface area (Å²) >= 11 is 0. The monoisotopic (exact) mass is 436 g/mol. The van der Waals surface area contributed by atoms with Crippen molar-refractivity contribution < 1.29 is 13.2 Å². The molecule has 1 amide bonds. The Morgan fingerprint density at radius 1 is 0.903 bits per heavy atom. The fraction of sp³-hybridized carbons (Fsp3) is 0.304. The highest BCUT2D eigenvalue weighted by atomic mass is 32.2. The van der Waals surface area contributed by atoms with Gasteiger partial charge in [-0.1, -0.05) is 18.2 Å². The summed E-state index contributed by atoms with van der Waals surface area (Å²) in [4.78, 5) is 15.2. The van der Waals surface area contributed by atoms with Crippen molar-refractivity contribution in [1.29, 1.82) is 0 Å². The SMILES string of the molecule is O=C(c1ccn(-c2ccccc2)n1)N1CCCc2cc(S(=O)(=O)N3CCCC3)ccc21. The molecule has 1 saturated heterocycles. The topological polar surface area (TPSA) is 75.5 Å². The van der Waals surface area contributed by atoms with Gasteiger partial charge in [0.1, 0.15) is 0 Å². The van der Waals surface area contributed by atoms with Gasteiger partial charge < -0.3 is 4.90 Å². The average Bonchev–Trinajstić information content (AvgIpc) is 3.51. The van der Waals surface area contributed by atoms with Crippen LogP contribution in [0.3, 0.4) is 0 Å². The van der Waals surface area contributed by atoms with Crippen LogP contribution in [0.1, 0.15) is 35.3 Å². The molecule has 5 rings (SSSR count). The lowest BCUT2D eigenvalue weighted by atomic mass is 10.0. The van der Waals surface area contributed by atoms with E-state index in [2.05, 4.69) is 5.10 Å². The molecule has 0 N–H and O–H groups in total. The molecule has 0 bridgehead atoms. The lowest BCUT2D eigenvalue weighted by molar-refractivity contribution is 0.0980. The van der Waals surface area contributed by atoms with Crippen molar-refractivity contribution >= 4 is 21.6 Å². The zero-order valence-electron chi connectivity index (χ0n) is 17.1. The first-order chi connectivity index (χ1) is 15.0. The Balaban J connectivity index is 1.43. The third-order valence-corrected chi connectivity index (χ3v) is 7.84. The van der Waals surface area contributed by atoms with Gasteiger partial charge >= 0.3 is 0 Å². The molecule has 2 aliphatic rings. The fourth-order valence-electron chi connectivity index (χ4n) is 4.32. The van der Waals surface area contributed by atoms with E-state index in [9.17, 15) is 13.2 Å². The van der Waals surface area contributed by atoms with Gasteiger partial charge in [0.2, 0.25) is 10.0 Å². The number of hydrogen-bond acceptors (Lipinski definition) is 4. The van der Waals surface area contributed by atoms with Crippen LogP contribution in [0, 0.1) is 0 Å². The number of rotatable bonds is 4. The molecule has 8 heteroatoms. The van der Waals surface area contributed by atoms with E-state index in [-0.39, 0.29) is 5.91 Å². The molecular weight excluding hydrogens is 412 g/mol. The van der Waals surface area contributed by atoms with Crippen LogP contribution >= 0.6 is 0 Å². The number of hydrogen-bond donors (Lipinski definition) is 0. The van der Waals surface area contributed by atoms with E-state index < -0.39 is 10.0 Å². The summed E-state index contributed by atoms with van der Waals surface area (Å²) in [6, 6.07) is 16.5. The summed E-state index contributed by atoms with van der Waals surface area (Å²) in [5.41, 5.74) is 2.91. The van der Waals surface area contributed by atoms with Crippen LogP contribution in [-0.2, 0) is 16.4 Å². The Morgan fingerprint density at radius 3 is 2.45 bits per heavy atom. The predicted molar refractivity (Wildman–Crippen MR) is 118 cm³/mol. The molecule has 0 spiro atoms. The van der Waals surface area contributed by atoms with Crippen molar-refractivity contribution in [3.05, 3.63) is 72.1 Å². The molecule has 1 aromatic heterocycles. The first kappa shape index (κ1) is 20.0. The van der Waals surface area contributed by atoms with Crippen LogP contribution in [-0.4, -0.2) is 48.0 Å². The van der Waals surface area contributed by atoms with E-state index in [1.165, 1.54) is 0 Å². The fourth-order valence-corrected chi connectivity index (χ4v) is 5.89. The molecule has 7 nitrogen and oxygen atoms in total. The number of anilines is 1. The smallest absolute Gasteiger partial charge is 0.278 e. The third kappa shape index (κ3) is 3.66. The minimum atomic E-state index is -3.48. The molecule has 1 fully saturated rings. The summed E-state index contributed by atoms with van der Waals surface area (Å²) in [6.45, 7) is 1.74. The second kappa shape index (κ2) is 7.94. The van der Waals surface area contributed by atoms with Gasteiger partial charge in [0.25, 0.3) is 5.91 Å². The van der Waals surface area contributed by atoms with E-state index in [0.717, 1.165) is 42.6 Å². The van der Waals surface area contributed by atoms with E-state index in [1.807, 2.05) is 30.3 Å². The minimum absolute atomic E-state index is 0.175. The van der Waals surface area contributed by atoms with Gasteiger partial charge in [0.05, 0.1) is 10.6 Å². The highest BCUT2D eigenvalue weighted by molar-refractivity contribution is 7.89. The zero-order chi connectivity index (χ0) is 21.4. The Hall–Kier alpha value is -2.97. The number of fused-ring (bicyclic) bond motifs is 1. The van der Waals surface area contributed by atoms with Crippen LogP contribution in [0.2, 0.25) is 0 Å². The maximum absolute atomic E-state index is 13.2. The predicted octanol–water partition coefficient (Wildman–Crippen LogP) is 3.25. The Morgan fingerprint density at radius 2 is 1.68 bits per heavy atom. The number of nitrogens with zero attached hydrogens (tertiary/aromatic N) is 4. The lowest BCUT2D eigenvalue weighted by Gasteiger charge is -2.29. The largest absolute Gasteiger partial charge is 0.307 e. The van der Waals surface area contributed by atoms with Gasteiger partial charge in [0.15, 0.2) is 5.69 Å². The number of carbonyl (C=O) groups is 1. The van der Waals surface area contributed by atoms with Crippen molar-refractivity contribution in [3.63, 3.8) is 0 Å². The van der Waals surface area contributed by atoms with E-state index in [4.69, 9.17) is 0 Å². The summed E-state index contributed by atoms with van der Waals surface area (Å²) in [5, 5.41) is 4.46. The first-order valence-electron chi connectivity index (χ1n) is 10.6. The molecule has 0 radical (unpaired) electrons. The quantitative estimate of drug-likeness (QED) is 0.629. The number of aryl methyl sites for hydroxylation is 1. The second-order valence-corrected chi connectivity index (χ2v) is 9.88. The van der Waals surface area contributed by atoms with E-state index >= 15 is 0 Å². The number of aromatic nitrogens is 2. The molecular formula is C23H24N4O3S. The molecule has 3 aromatic rings. The van der Waals surface area contributed by atoms with Crippen molar-refractivity contribution in [2.24, 2.45) is 0 Å². The molecule has 160 valence electrons. The summed E-state index contributed by atoms with van der Waals surface area (Å²) < 4.78 is 29.1. The Bertz CT molecular complexity index is 1210. The standard InChI is InChI=1S/C23H24N4O3S/c28-23(21-12-16-27(24-21)19-8-2-1-3-9-19)26-15-6-7-18-17-20(10-11-22(18)26)31(29,30)25-13-4-5-14-25/h1-3,8-12,16-17H,4-7,13-15H2. The van der Waals surface area contributed by atoms with Crippen LogP contribution < -0.4 is 4.90 Å². The highest BCUT2D eigenvalue weighted by Crippen LogP contribution is 2.32. The van der Waals surface area contributed by atoms with Crippen molar-refractivity contribution in [3.8, 4) is 5.69 Å². The lowest BCUT2D eigenvalue weighted by Crippen LogP contribution is -2.36. The summed E-state index contributed by atoms with van der Waals surface area (Å²) in [7, 11) is -3.48. The first-order valence-corrected chi connectivity index (χ1v) is 12.0. The number of benzene rings is 2. The van der Waals surface area contributed by atoms with Crippen LogP contribution in [0.15, 0.2) is 65.7 Å². The third-order valence-electron chi connectivity index (χ3n) is 5.95. The number of carbonyl (C=O) groups excluding carboxylic acids is 1. The van der Waals surface area contributed by atoms with Crippen LogP contribution in [0.25, 0.3) is 5.69 Å². The Labute approximate surface area is 182 Å². The normalized spacial score (nSPS) is 17.0. The molecule has 3 heterocycles. The Kier molecular flexibility index (Phi) is 5.11. The number of amides is 1. The molecule has 0 atom stereocenters. The van der Waals surface area contributed by atoms with E-state index in [1.54, 1.807) is 44.3 Å². The summed E-state index contributed by atoms with van der Waals surface area (Å²) in [5.74, 6) is -0.175. The molecule has 0 saturated carbocycles. The zero-order valence-corrected chi connectivity index (χ0v) is 18.0. The van der Waals surface area contributed by atoms with Crippen molar-refractivity contribution in [2.75, 3.05) is 24.5 Å². The average molecular weight is 437 g/mol. The van der Waals surface area contributed by atoms with Crippen molar-refractivity contribution in [2.45, 2.75) is 30.6 Å². The van der Waals surface area contributed by atoms with Crippen molar-refractivity contribution in [1.82, 2.24) is 14.1 Å². The molecule has 0 unspecified atom stereocenters. The van der Waals surface area contributed by atoms with Gasteiger partial charge in [-0.25, -0.2) is 13.1 Å². The summed E-state index contributed by atoms with van der Waals surface area (Å²) in [6.07, 6.45) is 5.12. The molecule has 2 aliphatic heterocycles. The highest BCUT2D eigenvalue weighted by Gasteiger charge is 2.30. The minimum Gasteiger partial charge on any atom is -0.307 e. The van der Waals surface area contributed by atoms with E-state index in [0.29, 0.717) is 30.2 Å². The molecule has 0 aliphatic carbocycles. The van der Waals surface area contributed by atoms with Gasteiger partial charge in [0, 0.05) is 31.5 Å². The number of sulfonamides is 1. The molecule has 31 heavy (non-hydrogen) atoms.